The van der Waals surface area contributed by atoms with Crippen LogP contribution >= 0.6 is 11.8 Å². The summed E-state index contributed by atoms with van der Waals surface area (Å²) < 4.78 is 86.2. The lowest BCUT2D eigenvalue weighted by molar-refractivity contribution is -0.121. The number of benzene rings is 1. The molecule has 1 amide bonds. The summed E-state index contributed by atoms with van der Waals surface area (Å²) in [4.78, 5) is 11.7. The minimum absolute atomic E-state index is 0.0317. The molecule has 1 fully saturated rings. The Bertz CT molecular complexity index is 915. The van der Waals surface area contributed by atoms with Gasteiger partial charge in [0.2, 0.25) is 15.9 Å². The van der Waals surface area contributed by atoms with Gasteiger partial charge >= 0.3 is 5.51 Å². The van der Waals surface area contributed by atoms with Gasteiger partial charge in [0.05, 0.1) is 22.9 Å². The van der Waals surface area contributed by atoms with Crippen molar-refractivity contribution in [3.8, 4) is 0 Å². The number of sulfonamides is 1. The zero-order chi connectivity index (χ0) is 21.2. The van der Waals surface area contributed by atoms with Crippen LogP contribution < -0.4 is 5.32 Å². The Labute approximate surface area is 165 Å². The summed E-state index contributed by atoms with van der Waals surface area (Å²) in [7, 11) is -7.29. The Kier molecular flexibility index (Phi) is 7.05. The number of hydrogen-bond donors (Lipinski definition) is 1. The van der Waals surface area contributed by atoms with E-state index in [2.05, 4.69) is 5.32 Å². The number of carbonyl (C=O) groups excluding carboxylic acids is 1. The van der Waals surface area contributed by atoms with Crippen molar-refractivity contribution in [3.05, 3.63) is 24.3 Å². The zero-order valence-corrected chi connectivity index (χ0v) is 17.2. The van der Waals surface area contributed by atoms with Crippen LogP contribution in [0.2, 0.25) is 0 Å². The first-order valence-electron chi connectivity index (χ1n) is 8.18. The van der Waals surface area contributed by atoms with Crippen LogP contribution in [0.1, 0.15) is 13.3 Å². The fourth-order valence-corrected chi connectivity index (χ4v) is 6.29. The molecule has 2 rings (SSSR count). The molecule has 1 N–H and O–H groups in total. The van der Waals surface area contributed by atoms with Crippen LogP contribution in [-0.2, 0) is 24.7 Å². The number of hydrogen-bond acceptors (Lipinski definition) is 6. The molecule has 1 aliphatic heterocycles. The summed E-state index contributed by atoms with van der Waals surface area (Å²) in [6, 6.07) is 3.63. The Morgan fingerprint density at radius 2 is 1.89 bits per heavy atom. The third kappa shape index (κ3) is 6.36. The molecule has 0 saturated carbocycles. The standard InChI is InChI=1S/C15H19F3N2O5S3/c1-2-20(9-14(21)19-11-7-8-27(22,23)10-11)28(24,25)13-5-3-12(4-6-13)26-15(16,17)18/h3-6,11H,2,7-10H2,1H3,(H,19,21). The first-order chi connectivity index (χ1) is 12.8. The minimum atomic E-state index is -4.48. The maximum absolute atomic E-state index is 12.7. The van der Waals surface area contributed by atoms with E-state index in [1.54, 1.807) is 0 Å². The van der Waals surface area contributed by atoms with Crippen molar-refractivity contribution in [2.24, 2.45) is 0 Å². The van der Waals surface area contributed by atoms with Crippen molar-refractivity contribution in [3.63, 3.8) is 0 Å². The second-order valence-electron chi connectivity index (χ2n) is 6.12. The number of amides is 1. The van der Waals surface area contributed by atoms with E-state index in [1.807, 2.05) is 0 Å². The Hall–Kier alpha value is -1.31. The molecule has 1 saturated heterocycles. The fraction of sp³-hybridized carbons (Fsp3) is 0.533. The average Bonchev–Trinajstić information content (AvgIpc) is 2.90. The molecule has 0 aliphatic carbocycles. The molecule has 1 aliphatic rings. The number of likely N-dealkylation sites (N-methyl/N-ethyl adjacent to an activating group) is 1. The Morgan fingerprint density at radius 1 is 1.29 bits per heavy atom. The normalized spacial score (nSPS) is 19.7. The number of alkyl halides is 3. The largest absolute Gasteiger partial charge is 0.446 e. The van der Waals surface area contributed by atoms with Crippen LogP contribution in [-0.4, -0.2) is 63.2 Å². The number of nitrogens with zero attached hydrogens (tertiary/aromatic N) is 1. The van der Waals surface area contributed by atoms with Gasteiger partial charge in [-0.3, -0.25) is 4.79 Å². The van der Waals surface area contributed by atoms with E-state index in [9.17, 15) is 34.8 Å². The highest BCUT2D eigenvalue weighted by atomic mass is 32.2. The molecule has 13 heteroatoms. The van der Waals surface area contributed by atoms with E-state index >= 15 is 0 Å². The van der Waals surface area contributed by atoms with Gasteiger partial charge < -0.3 is 5.32 Å². The number of rotatable bonds is 7. The lowest BCUT2D eigenvalue weighted by atomic mass is 10.2. The van der Waals surface area contributed by atoms with E-state index in [0.29, 0.717) is 0 Å². The van der Waals surface area contributed by atoms with Crippen LogP contribution in [0.25, 0.3) is 0 Å². The second kappa shape index (κ2) is 8.59. The summed E-state index contributed by atoms with van der Waals surface area (Å²) in [6.45, 7) is 0.949. The summed E-state index contributed by atoms with van der Waals surface area (Å²) in [5.41, 5.74) is -4.48. The molecule has 0 bridgehead atoms. The minimum Gasteiger partial charge on any atom is -0.351 e. The molecular formula is C15H19F3N2O5S3. The van der Waals surface area contributed by atoms with Gasteiger partial charge in [0.25, 0.3) is 0 Å². The predicted octanol–water partition coefficient (Wildman–Crippen LogP) is 1.61. The van der Waals surface area contributed by atoms with E-state index in [-0.39, 0.29) is 46.0 Å². The van der Waals surface area contributed by atoms with Gasteiger partial charge in [0, 0.05) is 17.5 Å². The number of nitrogens with one attached hydrogen (secondary N) is 1. The molecule has 0 radical (unpaired) electrons. The SMILES string of the molecule is CCN(CC(=O)NC1CCS(=O)(=O)C1)S(=O)(=O)c1ccc(SC(F)(F)F)cc1. The van der Waals surface area contributed by atoms with Gasteiger partial charge in [-0.25, -0.2) is 16.8 Å². The van der Waals surface area contributed by atoms with Crippen LogP contribution in [0.5, 0.6) is 0 Å². The van der Waals surface area contributed by atoms with Crippen molar-refractivity contribution >= 4 is 37.5 Å². The number of sulfone groups is 1. The monoisotopic (exact) mass is 460 g/mol. The summed E-state index contributed by atoms with van der Waals surface area (Å²) in [5, 5.41) is 2.51. The summed E-state index contributed by atoms with van der Waals surface area (Å²) in [5.74, 6) is -0.858. The molecule has 7 nitrogen and oxygen atoms in total. The maximum Gasteiger partial charge on any atom is 0.446 e. The summed E-state index contributed by atoms with van der Waals surface area (Å²) in [6.07, 6.45) is 0.269. The van der Waals surface area contributed by atoms with Gasteiger partial charge in [0.15, 0.2) is 9.84 Å². The Morgan fingerprint density at radius 3 is 2.36 bits per heavy atom. The highest BCUT2D eigenvalue weighted by Crippen LogP contribution is 2.37. The number of halogens is 3. The quantitative estimate of drug-likeness (QED) is 0.621. The number of carbonyl (C=O) groups is 1. The van der Waals surface area contributed by atoms with Crippen LogP contribution in [0.4, 0.5) is 13.2 Å². The van der Waals surface area contributed by atoms with Gasteiger partial charge in [0.1, 0.15) is 0 Å². The highest BCUT2D eigenvalue weighted by Gasteiger charge is 2.32. The topological polar surface area (TPSA) is 101 Å². The lowest BCUT2D eigenvalue weighted by Crippen LogP contribution is -2.44. The van der Waals surface area contributed by atoms with Crippen LogP contribution in [0.3, 0.4) is 0 Å². The number of thioether (sulfide) groups is 1. The van der Waals surface area contributed by atoms with Crippen molar-refractivity contribution in [1.82, 2.24) is 9.62 Å². The smallest absolute Gasteiger partial charge is 0.351 e. The lowest BCUT2D eigenvalue weighted by Gasteiger charge is -2.21. The van der Waals surface area contributed by atoms with Crippen molar-refractivity contribution in [1.29, 1.82) is 0 Å². The molecule has 1 atom stereocenters. The molecular weight excluding hydrogens is 441 g/mol. The molecule has 158 valence electrons. The third-order valence-corrected chi connectivity index (χ3v) is 8.41. The van der Waals surface area contributed by atoms with Gasteiger partial charge in [-0.1, -0.05) is 6.92 Å². The maximum atomic E-state index is 12.7. The van der Waals surface area contributed by atoms with E-state index in [4.69, 9.17) is 0 Å². The fourth-order valence-electron chi connectivity index (χ4n) is 2.67. The molecule has 0 aromatic heterocycles. The highest BCUT2D eigenvalue weighted by molar-refractivity contribution is 8.00. The van der Waals surface area contributed by atoms with Gasteiger partial charge in [-0.05, 0) is 42.4 Å². The molecule has 1 aromatic carbocycles. The Balaban J connectivity index is 2.06. The first-order valence-corrected chi connectivity index (χ1v) is 12.3. The molecule has 28 heavy (non-hydrogen) atoms. The van der Waals surface area contributed by atoms with Crippen molar-refractivity contribution < 1.29 is 34.8 Å². The van der Waals surface area contributed by atoms with Gasteiger partial charge in [-0.2, -0.15) is 17.5 Å². The van der Waals surface area contributed by atoms with Gasteiger partial charge in [-0.15, -0.1) is 0 Å². The zero-order valence-electron chi connectivity index (χ0n) is 14.8. The van der Waals surface area contributed by atoms with Crippen molar-refractivity contribution in [2.45, 2.75) is 34.7 Å². The molecule has 1 heterocycles. The second-order valence-corrected chi connectivity index (χ2v) is 11.4. The van der Waals surface area contributed by atoms with Crippen molar-refractivity contribution in [2.75, 3.05) is 24.6 Å². The predicted molar refractivity (Wildman–Crippen MR) is 98.0 cm³/mol. The van der Waals surface area contributed by atoms with Crippen LogP contribution in [0, 0.1) is 0 Å². The van der Waals surface area contributed by atoms with E-state index in [0.717, 1.165) is 28.6 Å². The average molecular weight is 461 g/mol. The molecule has 0 spiro atoms. The van der Waals surface area contributed by atoms with Crippen LogP contribution in [0.15, 0.2) is 34.1 Å². The molecule has 1 aromatic rings. The van der Waals surface area contributed by atoms with E-state index in [1.165, 1.54) is 6.92 Å². The van der Waals surface area contributed by atoms with E-state index < -0.39 is 43.9 Å². The molecule has 1 unspecified atom stereocenters. The summed E-state index contributed by atoms with van der Waals surface area (Å²) >= 11 is -0.359. The third-order valence-electron chi connectivity index (χ3n) is 3.97. The first kappa shape index (κ1) is 23.0.